The molecule has 2 N–H and O–H groups in total. The molecule has 4 saturated carbocycles. The number of fused-ring (bicyclic) bond motifs is 1. The smallest absolute Gasteiger partial charge is 0.0472 e. The highest BCUT2D eigenvalue weighted by atomic mass is 35.5. The minimum absolute atomic E-state index is 0.755. The van der Waals surface area contributed by atoms with Crippen molar-refractivity contribution in [2.24, 2.45) is 23.7 Å². The average molecular weight is 315 g/mol. The van der Waals surface area contributed by atoms with Crippen molar-refractivity contribution in [3.63, 3.8) is 0 Å². The van der Waals surface area contributed by atoms with Crippen LogP contribution in [0.15, 0.2) is 24.4 Å². The normalized spacial score (nSPS) is 36.3. The van der Waals surface area contributed by atoms with Gasteiger partial charge in [0.1, 0.15) is 0 Å². The highest BCUT2D eigenvalue weighted by Gasteiger charge is 2.47. The van der Waals surface area contributed by atoms with Crippen LogP contribution in [-0.4, -0.2) is 11.0 Å². The molecule has 1 heterocycles. The van der Waals surface area contributed by atoms with Crippen LogP contribution in [0.1, 0.15) is 37.7 Å². The Kier molecular flexibility index (Phi) is 3.06. The van der Waals surface area contributed by atoms with E-state index in [0.29, 0.717) is 0 Å². The molecule has 0 amide bonds. The zero-order chi connectivity index (χ0) is 14.7. The molecule has 0 spiro atoms. The van der Waals surface area contributed by atoms with Gasteiger partial charge in [0.15, 0.2) is 0 Å². The Morgan fingerprint density at radius 1 is 1.05 bits per heavy atom. The Labute approximate surface area is 136 Å². The van der Waals surface area contributed by atoms with E-state index in [4.69, 9.17) is 11.6 Å². The summed E-state index contributed by atoms with van der Waals surface area (Å²) in [4.78, 5) is 3.36. The third-order valence-corrected chi connectivity index (χ3v) is 6.72. The summed E-state index contributed by atoms with van der Waals surface area (Å²) in [7, 11) is 0. The van der Waals surface area contributed by atoms with Crippen LogP contribution in [0, 0.1) is 23.7 Å². The van der Waals surface area contributed by atoms with E-state index in [1.165, 1.54) is 43.1 Å². The molecule has 116 valence electrons. The van der Waals surface area contributed by atoms with Gasteiger partial charge in [-0.05, 0) is 73.5 Å². The fraction of sp³-hybridized carbons (Fsp3) is 0.579. The Balaban J connectivity index is 1.34. The van der Waals surface area contributed by atoms with Crippen molar-refractivity contribution >= 4 is 22.5 Å². The molecular formula is C19H23ClN2. The summed E-state index contributed by atoms with van der Waals surface area (Å²) in [6, 6.07) is 6.90. The third-order valence-electron chi connectivity index (χ3n) is 6.48. The van der Waals surface area contributed by atoms with Crippen LogP contribution in [0.4, 0.5) is 0 Å². The number of benzene rings is 1. The lowest BCUT2D eigenvalue weighted by Gasteiger charge is -2.54. The van der Waals surface area contributed by atoms with E-state index in [0.717, 1.165) is 46.8 Å². The van der Waals surface area contributed by atoms with Gasteiger partial charge >= 0.3 is 0 Å². The molecule has 4 fully saturated rings. The Morgan fingerprint density at radius 3 is 2.50 bits per heavy atom. The van der Waals surface area contributed by atoms with Crippen molar-refractivity contribution in [2.75, 3.05) is 0 Å². The van der Waals surface area contributed by atoms with Crippen molar-refractivity contribution < 1.29 is 0 Å². The van der Waals surface area contributed by atoms with Crippen molar-refractivity contribution in [1.82, 2.24) is 10.3 Å². The van der Waals surface area contributed by atoms with E-state index < -0.39 is 0 Å². The molecule has 4 bridgehead atoms. The van der Waals surface area contributed by atoms with E-state index >= 15 is 0 Å². The molecule has 2 aromatic rings. The van der Waals surface area contributed by atoms with Crippen LogP contribution < -0.4 is 5.32 Å². The molecule has 0 unspecified atom stereocenters. The molecule has 22 heavy (non-hydrogen) atoms. The largest absolute Gasteiger partial charge is 0.361 e. The molecule has 4 aliphatic carbocycles. The van der Waals surface area contributed by atoms with E-state index in [9.17, 15) is 0 Å². The summed E-state index contributed by atoms with van der Waals surface area (Å²) in [5.74, 6) is 3.98. The predicted molar refractivity (Wildman–Crippen MR) is 91.0 cm³/mol. The number of nitrogens with one attached hydrogen (secondary N) is 2. The number of halogens is 1. The van der Waals surface area contributed by atoms with Crippen LogP contribution in [0.2, 0.25) is 5.02 Å². The van der Waals surface area contributed by atoms with Gasteiger partial charge in [-0.3, -0.25) is 0 Å². The maximum atomic E-state index is 6.07. The monoisotopic (exact) mass is 314 g/mol. The minimum Gasteiger partial charge on any atom is -0.361 e. The minimum atomic E-state index is 0.755. The topological polar surface area (TPSA) is 27.8 Å². The first-order valence-corrected chi connectivity index (χ1v) is 9.13. The number of H-pyrrole nitrogens is 1. The van der Waals surface area contributed by atoms with Gasteiger partial charge < -0.3 is 10.3 Å². The highest BCUT2D eigenvalue weighted by Crippen LogP contribution is 2.53. The Bertz CT molecular complexity index is 677. The van der Waals surface area contributed by atoms with Crippen molar-refractivity contribution in [1.29, 1.82) is 0 Å². The van der Waals surface area contributed by atoms with E-state index in [-0.39, 0.29) is 0 Å². The Hall–Kier alpha value is -0.990. The zero-order valence-corrected chi connectivity index (χ0v) is 13.6. The van der Waals surface area contributed by atoms with Crippen LogP contribution in [-0.2, 0) is 6.54 Å². The van der Waals surface area contributed by atoms with E-state index in [1.807, 2.05) is 12.1 Å². The fourth-order valence-corrected chi connectivity index (χ4v) is 5.96. The zero-order valence-electron chi connectivity index (χ0n) is 12.8. The van der Waals surface area contributed by atoms with Crippen molar-refractivity contribution in [3.05, 3.63) is 35.0 Å². The summed E-state index contributed by atoms with van der Waals surface area (Å²) in [6.07, 6.45) is 9.59. The lowest BCUT2D eigenvalue weighted by Crippen LogP contribution is -2.54. The number of rotatable bonds is 3. The average Bonchev–Trinajstić information content (AvgIpc) is 2.88. The molecule has 3 heteroatoms. The molecule has 0 atom stereocenters. The van der Waals surface area contributed by atoms with Gasteiger partial charge in [0.25, 0.3) is 0 Å². The van der Waals surface area contributed by atoms with Crippen LogP contribution >= 0.6 is 11.6 Å². The lowest BCUT2D eigenvalue weighted by atomic mass is 9.54. The van der Waals surface area contributed by atoms with E-state index in [1.54, 1.807) is 0 Å². The standard InChI is InChI=1S/C19H23ClN2/c20-16-1-2-17-15(9-21-18(17)8-16)10-22-19-13-4-11-3-12(6-13)7-14(19)5-11/h1-2,8-9,11-14,19,21-22H,3-7,10H2. The lowest BCUT2D eigenvalue weighted by molar-refractivity contribution is -0.0142. The van der Waals surface area contributed by atoms with Gasteiger partial charge in [0, 0.05) is 34.7 Å². The molecule has 0 radical (unpaired) electrons. The van der Waals surface area contributed by atoms with E-state index in [2.05, 4.69) is 22.6 Å². The maximum absolute atomic E-state index is 6.07. The summed E-state index contributed by atoms with van der Waals surface area (Å²) >= 11 is 6.07. The summed E-state index contributed by atoms with van der Waals surface area (Å²) in [5.41, 5.74) is 2.52. The number of aromatic amines is 1. The first-order valence-electron chi connectivity index (χ1n) is 8.75. The van der Waals surface area contributed by atoms with Gasteiger partial charge in [0.2, 0.25) is 0 Å². The summed E-state index contributed by atoms with van der Waals surface area (Å²) in [6.45, 7) is 0.981. The number of hydrogen-bond donors (Lipinski definition) is 2. The second-order valence-corrected chi connectivity index (χ2v) is 8.28. The number of hydrogen-bond acceptors (Lipinski definition) is 1. The van der Waals surface area contributed by atoms with Gasteiger partial charge in [-0.15, -0.1) is 0 Å². The molecule has 6 rings (SSSR count). The third kappa shape index (κ3) is 2.11. The highest BCUT2D eigenvalue weighted by molar-refractivity contribution is 6.31. The second kappa shape index (κ2) is 5.01. The molecule has 1 aromatic carbocycles. The predicted octanol–water partition coefficient (Wildman–Crippen LogP) is 4.74. The van der Waals surface area contributed by atoms with Gasteiger partial charge in [-0.2, -0.15) is 0 Å². The molecule has 0 aliphatic heterocycles. The van der Waals surface area contributed by atoms with Gasteiger partial charge in [-0.25, -0.2) is 0 Å². The molecule has 2 nitrogen and oxygen atoms in total. The van der Waals surface area contributed by atoms with Crippen LogP contribution in [0.5, 0.6) is 0 Å². The Morgan fingerprint density at radius 2 is 1.77 bits per heavy atom. The fourth-order valence-electron chi connectivity index (χ4n) is 5.79. The van der Waals surface area contributed by atoms with Gasteiger partial charge in [-0.1, -0.05) is 17.7 Å². The SMILES string of the molecule is Clc1ccc2c(CNC3C4CC5CC(C4)CC3C5)c[nH]c2c1. The molecule has 1 aromatic heterocycles. The van der Waals surface area contributed by atoms with Crippen molar-refractivity contribution in [2.45, 2.75) is 44.7 Å². The second-order valence-electron chi connectivity index (χ2n) is 7.84. The number of aromatic nitrogens is 1. The first-order chi connectivity index (χ1) is 10.8. The van der Waals surface area contributed by atoms with Crippen LogP contribution in [0.25, 0.3) is 10.9 Å². The first kappa shape index (κ1) is 13.4. The molecular weight excluding hydrogens is 292 g/mol. The quantitative estimate of drug-likeness (QED) is 0.841. The maximum Gasteiger partial charge on any atom is 0.0472 e. The van der Waals surface area contributed by atoms with Gasteiger partial charge in [0.05, 0.1) is 0 Å². The summed E-state index contributed by atoms with van der Waals surface area (Å²) in [5, 5.41) is 6.03. The molecule has 0 saturated heterocycles. The van der Waals surface area contributed by atoms with Crippen molar-refractivity contribution in [3.8, 4) is 0 Å². The summed E-state index contributed by atoms with van der Waals surface area (Å²) < 4.78 is 0. The molecule has 4 aliphatic rings. The van der Waals surface area contributed by atoms with Crippen LogP contribution in [0.3, 0.4) is 0 Å².